The third-order valence-electron chi connectivity index (χ3n) is 2.61. The molecule has 1 amide bonds. The first kappa shape index (κ1) is 14.5. The predicted octanol–water partition coefficient (Wildman–Crippen LogP) is 3.04. The smallest absolute Gasteiger partial charge is 0.348 e. The van der Waals surface area contributed by atoms with Crippen molar-refractivity contribution in [2.24, 2.45) is 0 Å². The van der Waals surface area contributed by atoms with Crippen LogP contribution in [-0.4, -0.2) is 24.9 Å². The largest absolute Gasteiger partial charge is 0.416 e. The molecule has 0 aliphatic carbocycles. The molecule has 0 heterocycles. The molecule has 1 aromatic carbocycles. The van der Waals surface area contributed by atoms with E-state index in [2.05, 4.69) is 0 Å². The summed E-state index contributed by atoms with van der Waals surface area (Å²) in [6, 6.07) is 2.19. The van der Waals surface area contributed by atoms with Crippen molar-refractivity contribution >= 4 is 5.91 Å². The van der Waals surface area contributed by atoms with E-state index in [1.165, 1.54) is 25.9 Å². The molecule has 0 N–H and O–H groups in total. The van der Waals surface area contributed by atoms with E-state index in [9.17, 15) is 22.4 Å². The number of carbonyl (C=O) groups is 1. The van der Waals surface area contributed by atoms with Crippen molar-refractivity contribution in [1.29, 1.82) is 0 Å². The maximum absolute atomic E-state index is 13.6. The first-order valence-electron chi connectivity index (χ1n) is 5.22. The van der Waals surface area contributed by atoms with Gasteiger partial charge in [-0.15, -0.1) is 0 Å². The highest BCUT2D eigenvalue weighted by Crippen LogP contribution is 2.31. The highest BCUT2D eigenvalue weighted by molar-refractivity contribution is 5.82. The molecule has 0 spiro atoms. The molecule has 0 bridgehead atoms. The highest BCUT2D eigenvalue weighted by atomic mass is 19.4. The van der Waals surface area contributed by atoms with Crippen molar-refractivity contribution in [3.63, 3.8) is 0 Å². The van der Waals surface area contributed by atoms with Crippen molar-refractivity contribution < 1.29 is 22.4 Å². The van der Waals surface area contributed by atoms with Crippen LogP contribution in [0, 0.1) is 5.82 Å². The van der Waals surface area contributed by atoms with Gasteiger partial charge < -0.3 is 4.90 Å². The number of hydrogen-bond acceptors (Lipinski definition) is 1. The zero-order valence-corrected chi connectivity index (χ0v) is 10.2. The Hall–Kier alpha value is -1.59. The molecule has 1 unspecified atom stereocenters. The standard InChI is InChI=1S/C12H13F4NO/c1-7(11(18)17(2)3)9-5-4-8(6-10(9)13)12(14,15)16/h4-7H,1-3H3. The highest BCUT2D eigenvalue weighted by Gasteiger charge is 2.32. The molecule has 100 valence electrons. The summed E-state index contributed by atoms with van der Waals surface area (Å²) < 4.78 is 50.6. The second kappa shape index (κ2) is 4.96. The van der Waals surface area contributed by atoms with Gasteiger partial charge in [0.25, 0.3) is 0 Å². The third-order valence-corrected chi connectivity index (χ3v) is 2.61. The number of likely N-dealkylation sites (N-methyl/N-ethyl adjacent to an activating group) is 1. The van der Waals surface area contributed by atoms with E-state index in [0.29, 0.717) is 6.07 Å². The number of carbonyl (C=O) groups excluding carboxylic acids is 1. The minimum absolute atomic E-state index is 0.0401. The van der Waals surface area contributed by atoms with E-state index in [1.807, 2.05) is 0 Å². The Bertz CT molecular complexity index is 454. The lowest BCUT2D eigenvalue weighted by Gasteiger charge is -2.18. The summed E-state index contributed by atoms with van der Waals surface area (Å²) in [7, 11) is 3.00. The average molecular weight is 263 g/mol. The summed E-state index contributed by atoms with van der Waals surface area (Å²) in [4.78, 5) is 12.9. The average Bonchev–Trinajstić information content (AvgIpc) is 2.25. The second-order valence-corrected chi connectivity index (χ2v) is 4.19. The van der Waals surface area contributed by atoms with E-state index in [1.54, 1.807) is 0 Å². The number of amides is 1. The fourth-order valence-corrected chi connectivity index (χ4v) is 1.57. The Morgan fingerprint density at radius 3 is 2.22 bits per heavy atom. The van der Waals surface area contributed by atoms with Crippen molar-refractivity contribution in [2.75, 3.05) is 14.1 Å². The quantitative estimate of drug-likeness (QED) is 0.751. The molecule has 1 atom stereocenters. The molecule has 18 heavy (non-hydrogen) atoms. The van der Waals surface area contributed by atoms with Crippen LogP contribution in [0.2, 0.25) is 0 Å². The molecular weight excluding hydrogens is 250 g/mol. The van der Waals surface area contributed by atoms with Gasteiger partial charge in [0.1, 0.15) is 5.82 Å². The number of benzene rings is 1. The first-order chi connectivity index (χ1) is 8.14. The van der Waals surface area contributed by atoms with E-state index in [4.69, 9.17) is 0 Å². The van der Waals surface area contributed by atoms with Crippen LogP contribution in [0.3, 0.4) is 0 Å². The number of rotatable bonds is 2. The summed E-state index contributed by atoms with van der Waals surface area (Å²) in [5.74, 6) is -2.21. The van der Waals surface area contributed by atoms with E-state index in [0.717, 1.165) is 12.1 Å². The zero-order valence-electron chi connectivity index (χ0n) is 10.2. The zero-order chi connectivity index (χ0) is 14.1. The van der Waals surface area contributed by atoms with E-state index < -0.39 is 23.5 Å². The Balaban J connectivity index is 3.10. The fourth-order valence-electron chi connectivity index (χ4n) is 1.57. The molecule has 0 fully saturated rings. The summed E-state index contributed by atoms with van der Waals surface area (Å²) >= 11 is 0. The van der Waals surface area contributed by atoms with Crippen molar-refractivity contribution in [3.8, 4) is 0 Å². The summed E-state index contributed by atoms with van der Waals surface area (Å²) in [6.07, 6.45) is -4.59. The van der Waals surface area contributed by atoms with Crippen LogP contribution >= 0.6 is 0 Å². The van der Waals surface area contributed by atoms with Gasteiger partial charge in [-0.2, -0.15) is 13.2 Å². The van der Waals surface area contributed by atoms with Gasteiger partial charge in [-0.25, -0.2) is 4.39 Å². The van der Waals surface area contributed by atoms with E-state index in [-0.39, 0.29) is 11.5 Å². The van der Waals surface area contributed by atoms with Gasteiger partial charge in [0.15, 0.2) is 0 Å². The molecule has 0 aromatic heterocycles. The van der Waals surface area contributed by atoms with Crippen LogP contribution in [0.1, 0.15) is 24.0 Å². The molecule has 0 radical (unpaired) electrons. The molecule has 6 heteroatoms. The van der Waals surface area contributed by atoms with Crippen LogP contribution < -0.4 is 0 Å². The van der Waals surface area contributed by atoms with Gasteiger partial charge in [0.2, 0.25) is 5.91 Å². The van der Waals surface area contributed by atoms with Crippen LogP contribution in [0.25, 0.3) is 0 Å². The SMILES string of the molecule is CC(C(=O)N(C)C)c1ccc(C(F)(F)F)cc1F. The Morgan fingerprint density at radius 2 is 1.83 bits per heavy atom. The fraction of sp³-hybridized carbons (Fsp3) is 0.417. The van der Waals surface area contributed by atoms with Crippen molar-refractivity contribution in [1.82, 2.24) is 4.90 Å². The van der Waals surface area contributed by atoms with Crippen LogP contribution in [0.15, 0.2) is 18.2 Å². The Morgan fingerprint density at radius 1 is 1.28 bits per heavy atom. The van der Waals surface area contributed by atoms with Crippen molar-refractivity contribution in [2.45, 2.75) is 19.0 Å². The van der Waals surface area contributed by atoms with Crippen LogP contribution in [0.4, 0.5) is 17.6 Å². The van der Waals surface area contributed by atoms with Gasteiger partial charge in [0.05, 0.1) is 11.5 Å². The summed E-state index contributed by atoms with van der Waals surface area (Å²) in [6.45, 7) is 1.45. The van der Waals surface area contributed by atoms with Gasteiger partial charge in [0, 0.05) is 14.1 Å². The molecule has 0 aliphatic heterocycles. The van der Waals surface area contributed by atoms with Crippen LogP contribution in [0.5, 0.6) is 0 Å². The van der Waals surface area contributed by atoms with Gasteiger partial charge in [-0.05, 0) is 24.6 Å². The monoisotopic (exact) mass is 263 g/mol. The summed E-state index contributed by atoms with van der Waals surface area (Å²) in [5, 5.41) is 0. The van der Waals surface area contributed by atoms with Gasteiger partial charge >= 0.3 is 6.18 Å². The maximum atomic E-state index is 13.6. The topological polar surface area (TPSA) is 20.3 Å². The molecule has 2 nitrogen and oxygen atoms in total. The van der Waals surface area contributed by atoms with Crippen LogP contribution in [-0.2, 0) is 11.0 Å². The Labute approximate surface area is 102 Å². The lowest BCUT2D eigenvalue weighted by molar-refractivity contribution is -0.137. The summed E-state index contributed by atoms with van der Waals surface area (Å²) in [5.41, 5.74) is -1.10. The van der Waals surface area contributed by atoms with E-state index >= 15 is 0 Å². The maximum Gasteiger partial charge on any atom is 0.416 e. The third kappa shape index (κ3) is 3.00. The molecule has 1 rings (SSSR count). The minimum Gasteiger partial charge on any atom is -0.348 e. The lowest BCUT2D eigenvalue weighted by atomic mass is 9.98. The molecule has 0 saturated heterocycles. The lowest BCUT2D eigenvalue weighted by Crippen LogP contribution is -2.27. The number of halogens is 4. The normalized spacial score (nSPS) is 13.3. The number of hydrogen-bond donors (Lipinski definition) is 0. The molecule has 1 aromatic rings. The predicted molar refractivity (Wildman–Crippen MR) is 58.5 cm³/mol. The van der Waals surface area contributed by atoms with Gasteiger partial charge in [-0.1, -0.05) is 6.07 Å². The molecular formula is C12H13F4NO. The van der Waals surface area contributed by atoms with Crippen molar-refractivity contribution in [3.05, 3.63) is 35.1 Å². The number of nitrogens with zero attached hydrogens (tertiary/aromatic N) is 1. The Kier molecular flexibility index (Phi) is 3.98. The first-order valence-corrected chi connectivity index (χ1v) is 5.22. The van der Waals surface area contributed by atoms with Gasteiger partial charge in [-0.3, -0.25) is 4.79 Å². The molecule has 0 saturated carbocycles. The number of alkyl halides is 3. The second-order valence-electron chi connectivity index (χ2n) is 4.19. The molecule has 0 aliphatic rings. The minimum atomic E-state index is -4.59.